The van der Waals surface area contributed by atoms with Crippen molar-refractivity contribution in [2.24, 2.45) is 0 Å². The van der Waals surface area contributed by atoms with E-state index in [0.717, 1.165) is 11.3 Å². The minimum Gasteiger partial charge on any atom is -0.411 e. The van der Waals surface area contributed by atoms with Crippen molar-refractivity contribution in [1.82, 2.24) is 19.5 Å². The number of imide groups is 1. The summed E-state index contributed by atoms with van der Waals surface area (Å²) >= 11 is 1.73. The molecule has 1 aliphatic rings. The lowest BCUT2D eigenvalue weighted by atomic mass is 10.1. The second-order valence-corrected chi connectivity index (χ2v) is 26.1. The summed E-state index contributed by atoms with van der Waals surface area (Å²) in [4.78, 5) is 43.2. The molecule has 5 rings (SSSR count). The molecule has 51 heavy (non-hydrogen) atoms. The summed E-state index contributed by atoms with van der Waals surface area (Å²) in [6.07, 6.45) is 3.00. The molecule has 1 fully saturated rings. The van der Waals surface area contributed by atoms with Gasteiger partial charge in [0.05, 0.1) is 29.7 Å². The van der Waals surface area contributed by atoms with Crippen molar-refractivity contribution in [2.75, 3.05) is 10.8 Å². The van der Waals surface area contributed by atoms with Gasteiger partial charge in [0.25, 0.3) is 11.8 Å². The first kappa shape index (κ1) is 39.0. The highest BCUT2D eigenvalue weighted by Gasteiger charge is 2.50. The lowest BCUT2D eigenvalue weighted by Crippen LogP contribution is -2.48. The summed E-state index contributed by atoms with van der Waals surface area (Å²) in [6.45, 7) is 22.5. The van der Waals surface area contributed by atoms with Gasteiger partial charge in [0, 0.05) is 11.1 Å². The Hall–Kier alpha value is -3.21. The van der Waals surface area contributed by atoms with Crippen LogP contribution in [0.25, 0.3) is 11.2 Å². The third kappa shape index (κ3) is 8.08. The highest BCUT2D eigenvalue weighted by molar-refractivity contribution is 7.99. The predicted octanol–water partition coefficient (Wildman–Crippen LogP) is 9.09. The number of thioether (sulfide) groups is 1. The van der Waals surface area contributed by atoms with E-state index in [9.17, 15) is 9.59 Å². The number of nitrogens with zero attached hydrogens (tertiary/aromatic N) is 5. The van der Waals surface area contributed by atoms with Crippen LogP contribution in [-0.2, 0) is 13.6 Å². The van der Waals surface area contributed by atoms with Crippen molar-refractivity contribution < 1.29 is 23.2 Å². The number of amides is 2. The first-order valence-corrected chi connectivity index (χ1v) is 24.6. The Kier molecular flexibility index (Phi) is 12.4. The number of carbonyl (C=O) groups is 2. The van der Waals surface area contributed by atoms with E-state index in [0.29, 0.717) is 44.9 Å². The fourth-order valence-electron chi connectivity index (χ4n) is 7.60. The van der Waals surface area contributed by atoms with Crippen molar-refractivity contribution in [2.45, 2.75) is 115 Å². The molecule has 3 heterocycles. The molecular weight excluding hydrogens is 695 g/mol. The standard InChI is InChI=1S/C38H53N5O5SSi2/c1-11-30-32(48-50(8,9)10)33(49-24-46-51(25(2)3,26(4)5)27(6)7)38(47-30)42-23-41-31-34(42)39-22-40-35(31)43(36(44)28-18-14-12-15-19-28)37(45)29-20-16-13-17-21-29/h12-23,25-27,30,32-33,38H,11,24H2,1-10H3/t30-,32+,33?,38-/m1/s1. The maximum atomic E-state index is 14.1. The number of benzene rings is 2. The molecule has 4 aromatic rings. The van der Waals surface area contributed by atoms with Crippen LogP contribution in [0.2, 0.25) is 36.3 Å². The normalized spacial score (nSPS) is 19.8. The minimum absolute atomic E-state index is 0.107. The quantitative estimate of drug-likeness (QED) is 0.0709. The van der Waals surface area contributed by atoms with Crippen LogP contribution in [-0.4, -0.2) is 71.4 Å². The van der Waals surface area contributed by atoms with Crippen LogP contribution in [0, 0.1) is 0 Å². The Morgan fingerprint density at radius 3 is 1.90 bits per heavy atom. The molecule has 1 unspecified atom stereocenters. The van der Waals surface area contributed by atoms with Gasteiger partial charge in [-0.3, -0.25) is 14.2 Å². The molecule has 4 atom stereocenters. The maximum Gasteiger partial charge on any atom is 0.266 e. The molecule has 0 bridgehead atoms. The maximum absolute atomic E-state index is 14.1. The van der Waals surface area contributed by atoms with Gasteiger partial charge in [-0.25, -0.2) is 19.9 Å². The molecule has 274 valence electrons. The molecule has 0 aliphatic carbocycles. The number of imidazole rings is 1. The van der Waals surface area contributed by atoms with Crippen LogP contribution in [0.4, 0.5) is 5.82 Å². The first-order chi connectivity index (χ1) is 24.2. The molecular formula is C38H53N5O5SSi2. The predicted molar refractivity (Wildman–Crippen MR) is 210 cm³/mol. The smallest absolute Gasteiger partial charge is 0.266 e. The van der Waals surface area contributed by atoms with E-state index in [2.05, 4.69) is 78.1 Å². The van der Waals surface area contributed by atoms with E-state index in [1.54, 1.807) is 66.6 Å². The van der Waals surface area contributed by atoms with E-state index in [1.807, 2.05) is 16.7 Å². The number of fused-ring (bicyclic) bond motifs is 1. The van der Waals surface area contributed by atoms with Gasteiger partial charge < -0.3 is 13.6 Å². The van der Waals surface area contributed by atoms with E-state index in [1.165, 1.54) is 6.33 Å². The average molecular weight is 748 g/mol. The first-order valence-electron chi connectivity index (χ1n) is 18.0. The van der Waals surface area contributed by atoms with Gasteiger partial charge in [-0.2, -0.15) is 0 Å². The van der Waals surface area contributed by atoms with Crippen LogP contribution in [0.1, 0.15) is 81.8 Å². The van der Waals surface area contributed by atoms with Gasteiger partial charge in [0.1, 0.15) is 6.33 Å². The number of aromatic nitrogens is 4. The number of ether oxygens (including phenoxy) is 1. The van der Waals surface area contributed by atoms with E-state index >= 15 is 0 Å². The Labute approximate surface area is 309 Å². The molecule has 2 aromatic heterocycles. The zero-order valence-electron chi connectivity index (χ0n) is 31.6. The summed E-state index contributed by atoms with van der Waals surface area (Å²) in [7, 11) is -4.12. The summed E-state index contributed by atoms with van der Waals surface area (Å²) in [5.41, 5.74) is 2.86. The van der Waals surface area contributed by atoms with Crippen LogP contribution in [0.5, 0.6) is 0 Å². The monoisotopic (exact) mass is 747 g/mol. The summed E-state index contributed by atoms with van der Waals surface area (Å²) < 4.78 is 22.7. The number of carbonyl (C=O) groups excluding carboxylic acids is 2. The highest BCUT2D eigenvalue weighted by Crippen LogP contribution is 2.46. The molecule has 2 amide bonds. The average Bonchev–Trinajstić information content (AvgIpc) is 3.67. The second-order valence-electron chi connectivity index (χ2n) is 15.1. The fourth-order valence-corrected chi connectivity index (χ4v) is 15.8. The zero-order valence-corrected chi connectivity index (χ0v) is 34.4. The second kappa shape index (κ2) is 16.2. The Morgan fingerprint density at radius 2 is 1.41 bits per heavy atom. The van der Waals surface area contributed by atoms with Gasteiger partial charge in [-0.15, -0.1) is 11.8 Å². The van der Waals surface area contributed by atoms with Gasteiger partial charge in [-0.05, 0) is 67.0 Å². The van der Waals surface area contributed by atoms with Crippen molar-refractivity contribution in [3.8, 4) is 0 Å². The third-order valence-electron chi connectivity index (χ3n) is 9.73. The van der Waals surface area contributed by atoms with Crippen molar-refractivity contribution in [1.29, 1.82) is 0 Å². The van der Waals surface area contributed by atoms with Gasteiger partial charge in [-0.1, -0.05) is 84.9 Å². The summed E-state index contributed by atoms with van der Waals surface area (Å²) in [5, 5.41) is -0.135. The van der Waals surface area contributed by atoms with Gasteiger partial charge in [0.15, 0.2) is 31.5 Å². The van der Waals surface area contributed by atoms with Gasteiger partial charge >= 0.3 is 0 Å². The molecule has 0 N–H and O–H groups in total. The topological polar surface area (TPSA) is 109 Å². The van der Waals surface area contributed by atoms with Crippen LogP contribution in [0.3, 0.4) is 0 Å². The fraction of sp³-hybridized carbons (Fsp3) is 0.500. The largest absolute Gasteiger partial charge is 0.411 e. The SMILES string of the molecule is CC[C@H]1O[C@@H](n2cnc3c(N(C(=O)c4ccccc4)C(=O)c4ccccc4)ncnc32)C(SCO[Si](C(C)C)(C(C)C)C(C)C)[C@H]1O[Si](C)(C)C. The van der Waals surface area contributed by atoms with Crippen molar-refractivity contribution >= 4 is 57.2 Å². The molecule has 1 aliphatic heterocycles. The van der Waals surface area contributed by atoms with E-state index < -0.39 is 34.7 Å². The van der Waals surface area contributed by atoms with Crippen molar-refractivity contribution in [3.63, 3.8) is 0 Å². The molecule has 0 spiro atoms. The molecule has 2 aromatic carbocycles. The molecule has 0 saturated carbocycles. The highest BCUT2D eigenvalue weighted by atomic mass is 32.2. The molecule has 10 nitrogen and oxygen atoms in total. The Bertz CT molecular complexity index is 1710. The van der Waals surface area contributed by atoms with E-state index in [-0.39, 0.29) is 23.3 Å². The van der Waals surface area contributed by atoms with E-state index in [4.69, 9.17) is 18.6 Å². The Morgan fingerprint density at radius 1 is 0.863 bits per heavy atom. The lowest BCUT2D eigenvalue weighted by Gasteiger charge is -2.42. The zero-order chi connectivity index (χ0) is 37.1. The number of anilines is 1. The summed E-state index contributed by atoms with van der Waals surface area (Å²) in [5.74, 6) is -0.394. The van der Waals surface area contributed by atoms with Crippen LogP contribution in [0.15, 0.2) is 73.3 Å². The molecule has 1 saturated heterocycles. The molecule has 0 radical (unpaired) electrons. The van der Waals surface area contributed by atoms with Crippen molar-refractivity contribution in [3.05, 3.63) is 84.4 Å². The number of hydrogen-bond donors (Lipinski definition) is 0. The lowest BCUT2D eigenvalue weighted by molar-refractivity contribution is -0.0150. The number of hydrogen-bond acceptors (Lipinski definition) is 9. The van der Waals surface area contributed by atoms with Crippen LogP contribution < -0.4 is 4.90 Å². The van der Waals surface area contributed by atoms with Crippen LogP contribution >= 0.6 is 11.8 Å². The number of rotatable bonds is 14. The summed E-state index contributed by atoms with van der Waals surface area (Å²) in [6, 6.07) is 17.4. The third-order valence-corrected chi connectivity index (χ3v) is 18.1. The Balaban J connectivity index is 1.57. The van der Waals surface area contributed by atoms with Gasteiger partial charge in [0.2, 0.25) is 8.32 Å². The molecule has 13 heteroatoms. The minimum atomic E-state index is -2.13.